The number of aliphatic imine (C=N–C) groups is 1. The third kappa shape index (κ3) is 2.01. The van der Waals surface area contributed by atoms with Crippen LogP contribution in [0.1, 0.15) is 17.8 Å². The molecule has 0 spiro atoms. The molecule has 3 nitrogen and oxygen atoms in total. The molecule has 1 atom stereocenters. The molecule has 0 aliphatic carbocycles. The largest absolute Gasteiger partial charge is 0.355 e. The zero-order valence-corrected chi connectivity index (χ0v) is 8.40. The molecule has 1 aromatic rings. The van der Waals surface area contributed by atoms with Crippen molar-refractivity contribution in [3.63, 3.8) is 0 Å². The number of nitrogens with one attached hydrogen (secondary N) is 2. The molecule has 0 saturated carbocycles. The average molecular weight is 195 g/mol. The van der Waals surface area contributed by atoms with E-state index in [2.05, 4.69) is 40.1 Å². The van der Waals surface area contributed by atoms with Crippen molar-refractivity contribution in [2.24, 2.45) is 4.99 Å². The van der Waals surface area contributed by atoms with Gasteiger partial charge in [0.2, 0.25) is 0 Å². The molecule has 0 bridgehead atoms. The Hall–Kier alpha value is -1.03. The third-order valence-corrected chi connectivity index (χ3v) is 3.05. The molecule has 0 aromatic carbocycles. The van der Waals surface area contributed by atoms with E-state index in [1.54, 1.807) is 11.3 Å². The van der Waals surface area contributed by atoms with Gasteiger partial charge in [-0.2, -0.15) is 0 Å². The monoisotopic (exact) mass is 195 g/mol. The second-order valence-corrected chi connectivity index (χ2v) is 4.02. The number of hydrogen-bond acceptors (Lipinski definition) is 4. The second-order valence-electron chi connectivity index (χ2n) is 3.04. The molecule has 2 rings (SSSR count). The lowest BCUT2D eigenvalue weighted by Crippen LogP contribution is -2.35. The van der Waals surface area contributed by atoms with E-state index in [0.717, 1.165) is 19.0 Å². The highest BCUT2D eigenvalue weighted by Crippen LogP contribution is 2.17. The standard InChI is InChI=1S/C9H13N3S/c1-7(8-3-2-6-13-8)12-9-10-4-5-11-9/h2-3,6-7H,4-5H2,1H3,(H2,10,11,12)/t7-/m1/s1. The van der Waals surface area contributed by atoms with Gasteiger partial charge < -0.3 is 10.6 Å². The van der Waals surface area contributed by atoms with E-state index in [9.17, 15) is 0 Å². The Morgan fingerprint density at radius 2 is 2.62 bits per heavy atom. The summed E-state index contributed by atoms with van der Waals surface area (Å²) in [6.07, 6.45) is 0. The van der Waals surface area contributed by atoms with E-state index >= 15 is 0 Å². The predicted molar refractivity (Wildman–Crippen MR) is 56.2 cm³/mol. The summed E-state index contributed by atoms with van der Waals surface area (Å²) < 4.78 is 0. The Bertz CT molecular complexity index is 292. The molecule has 0 radical (unpaired) electrons. The van der Waals surface area contributed by atoms with Gasteiger partial charge in [0.1, 0.15) is 0 Å². The Kier molecular flexibility index (Phi) is 2.49. The van der Waals surface area contributed by atoms with Gasteiger partial charge in [-0.15, -0.1) is 11.3 Å². The second kappa shape index (κ2) is 3.79. The normalized spacial score (nSPS) is 17.8. The van der Waals surface area contributed by atoms with E-state index < -0.39 is 0 Å². The molecule has 1 aliphatic rings. The highest BCUT2D eigenvalue weighted by atomic mass is 32.1. The first-order valence-electron chi connectivity index (χ1n) is 4.44. The Morgan fingerprint density at radius 1 is 1.69 bits per heavy atom. The molecule has 13 heavy (non-hydrogen) atoms. The van der Waals surface area contributed by atoms with Crippen LogP contribution in [-0.4, -0.2) is 19.0 Å². The van der Waals surface area contributed by atoms with Gasteiger partial charge in [-0.3, -0.25) is 4.99 Å². The van der Waals surface area contributed by atoms with Crippen LogP contribution in [0.15, 0.2) is 22.5 Å². The number of nitrogens with zero attached hydrogens (tertiary/aromatic N) is 1. The Labute approximate surface area is 81.9 Å². The zero-order valence-electron chi connectivity index (χ0n) is 7.58. The minimum Gasteiger partial charge on any atom is -0.355 e. The maximum atomic E-state index is 4.28. The van der Waals surface area contributed by atoms with Crippen molar-refractivity contribution in [1.82, 2.24) is 10.6 Å². The van der Waals surface area contributed by atoms with Crippen molar-refractivity contribution in [2.45, 2.75) is 13.0 Å². The van der Waals surface area contributed by atoms with Gasteiger partial charge in [0.15, 0.2) is 5.96 Å². The van der Waals surface area contributed by atoms with Crippen molar-refractivity contribution in [2.75, 3.05) is 13.1 Å². The lowest BCUT2D eigenvalue weighted by atomic mass is 10.3. The van der Waals surface area contributed by atoms with Gasteiger partial charge in [-0.05, 0) is 18.4 Å². The summed E-state index contributed by atoms with van der Waals surface area (Å²) in [7, 11) is 0. The predicted octanol–water partition coefficient (Wildman–Crippen LogP) is 1.36. The summed E-state index contributed by atoms with van der Waals surface area (Å²) >= 11 is 1.77. The van der Waals surface area contributed by atoms with Crippen molar-refractivity contribution in [1.29, 1.82) is 0 Å². The fraction of sp³-hybridized carbons (Fsp3) is 0.444. The number of guanidine groups is 1. The Morgan fingerprint density at radius 3 is 3.23 bits per heavy atom. The minimum absolute atomic E-state index is 0.351. The molecule has 1 aromatic heterocycles. The molecular weight excluding hydrogens is 182 g/mol. The maximum absolute atomic E-state index is 4.28. The van der Waals surface area contributed by atoms with E-state index in [1.807, 2.05) is 0 Å². The highest BCUT2D eigenvalue weighted by Gasteiger charge is 2.10. The Balaban J connectivity index is 1.95. The molecule has 2 heterocycles. The van der Waals surface area contributed by atoms with Crippen LogP contribution in [0.3, 0.4) is 0 Å². The van der Waals surface area contributed by atoms with Gasteiger partial charge in [0, 0.05) is 11.4 Å². The van der Waals surface area contributed by atoms with Crippen LogP contribution in [0.2, 0.25) is 0 Å². The number of hydrogen-bond donors (Lipinski definition) is 2. The molecule has 0 saturated heterocycles. The van der Waals surface area contributed by atoms with Crippen LogP contribution in [0.25, 0.3) is 0 Å². The quantitative estimate of drug-likeness (QED) is 0.747. The lowest BCUT2D eigenvalue weighted by Gasteiger charge is -2.13. The summed E-state index contributed by atoms with van der Waals surface area (Å²) in [6, 6.07) is 4.56. The molecule has 1 aliphatic heterocycles. The van der Waals surface area contributed by atoms with Crippen molar-refractivity contribution in [3.8, 4) is 0 Å². The van der Waals surface area contributed by atoms with Crippen molar-refractivity contribution in [3.05, 3.63) is 22.4 Å². The molecule has 2 N–H and O–H groups in total. The zero-order chi connectivity index (χ0) is 9.10. The molecule has 0 fully saturated rings. The maximum Gasteiger partial charge on any atom is 0.191 e. The van der Waals surface area contributed by atoms with Crippen molar-refractivity contribution >= 4 is 17.3 Å². The summed E-state index contributed by atoms with van der Waals surface area (Å²) in [6.45, 7) is 3.99. The van der Waals surface area contributed by atoms with E-state index in [4.69, 9.17) is 0 Å². The van der Waals surface area contributed by atoms with Gasteiger partial charge in [-0.25, -0.2) is 0 Å². The molecule has 0 amide bonds. The molecule has 70 valence electrons. The van der Waals surface area contributed by atoms with Crippen LogP contribution in [0.5, 0.6) is 0 Å². The highest BCUT2D eigenvalue weighted by molar-refractivity contribution is 7.10. The van der Waals surface area contributed by atoms with Crippen LogP contribution in [0.4, 0.5) is 0 Å². The van der Waals surface area contributed by atoms with Crippen LogP contribution in [-0.2, 0) is 0 Å². The summed E-state index contributed by atoms with van der Waals surface area (Å²) in [5.41, 5.74) is 0. The number of rotatable bonds is 2. The van der Waals surface area contributed by atoms with Gasteiger partial charge in [-0.1, -0.05) is 6.07 Å². The first kappa shape index (κ1) is 8.56. The lowest BCUT2D eigenvalue weighted by molar-refractivity contribution is 0.715. The van der Waals surface area contributed by atoms with Crippen LogP contribution >= 0.6 is 11.3 Å². The van der Waals surface area contributed by atoms with E-state index in [1.165, 1.54) is 4.88 Å². The molecule has 4 heteroatoms. The topological polar surface area (TPSA) is 36.4 Å². The summed E-state index contributed by atoms with van der Waals surface area (Å²) in [5, 5.41) is 8.62. The number of thiophene rings is 1. The van der Waals surface area contributed by atoms with Crippen LogP contribution in [0, 0.1) is 0 Å². The third-order valence-electron chi connectivity index (χ3n) is 2.00. The SMILES string of the molecule is C[C@@H](NC1=NCCN1)c1cccs1. The van der Waals surface area contributed by atoms with Gasteiger partial charge in [0.25, 0.3) is 0 Å². The molecular formula is C9H13N3S. The molecule has 0 unspecified atom stereocenters. The first-order valence-corrected chi connectivity index (χ1v) is 5.32. The van der Waals surface area contributed by atoms with E-state index in [-0.39, 0.29) is 0 Å². The van der Waals surface area contributed by atoms with E-state index in [0.29, 0.717) is 6.04 Å². The fourth-order valence-corrected chi connectivity index (χ4v) is 2.04. The smallest absolute Gasteiger partial charge is 0.191 e. The first-order chi connectivity index (χ1) is 6.36. The summed E-state index contributed by atoms with van der Waals surface area (Å²) in [4.78, 5) is 5.63. The summed E-state index contributed by atoms with van der Waals surface area (Å²) in [5.74, 6) is 0.931. The van der Waals surface area contributed by atoms with Gasteiger partial charge in [0.05, 0.1) is 12.6 Å². The average Bonchev–Trinajstić information content (AvgIpc) is 2.74. The fourth-order valence-electron chi connectivity index (χ4n) is 1.31. The van der Waals surface area contributed by atoms with Crippen LogP contribution < -0.4 is 10.6 Å². The van der Waals surface area contributed by atoms with Gasteiger partial charge >= 0.3 is 0 Å². The minimum atomic E-state index is 0.351. The van der Waals surface area contributed by atoms with Crippen molar-refractivity contribution < 1.29 is 0 Å².